The topological polar surface area (TPSA) is 60.1 Å². The molecule has 2 aromatic rings. The normalized spacial score (nSPS) is 13.7. The van der Waals surface area contributed by atoms with Crippen LogP contribution in [0.3, 0.4) is 0 Å². The number of benzene rings is 1. The highest BCUT2D eigenvalue weighted by Gasteiger charge is 2.17. The molecule has 0 bridgehead atoms. The number of fused-ring (bicyclic) bond motifs is 1. The minimum atomic E-state index is 0.493. The first-order valence-electron chi connectivity index (χ1n) is 6.23. The summed E-state index contributed by atoms with van der Waals surface area (Å²) in [6, 6.07) is 7.82. The van der Waals surface area contributed by atoms with Gasteiger partial charge in [-0.2, -0.15) is 5.26 Å². The van der Waals surface area contributed by atoms with E-state index in [4.69, 9.17) is 14.7 Å². The highest BCUT2D eigenvalue weighted by Crippen LogP contribution is 2.34. The third-order valence-electron chi connectivity index (χ3n) is 3.16. The zero-order chi connectivity index (χ0) is 14.1. The lowest BCUT2D eigenvalue weighted by molar-refractivity contribution is 0.297. The molecule has 0 saturated heterocycles. The third kappa shape index (κ3) is 2.14. The number of rotatable bonds is 1. The number of halogens is 1. The number of aromatic nitrogens is 2. The van der Waals surface area contributed by atoms with Crippen molar-refractivity contribution in [3.8, 4) is 29.0 Å². The second-order valence-electron chi connectivity index (χ2n) is 4.46. The quantitative estimate of drug-likeness (QED) is 0.805. The molecule has 1 aromatic carbocycles. The van der Waals surface area contributed by atoms with Gasteiger partial charge in [-0.3, -0.25) is 0 Å². The largest absolute Gasteiger partial charge is 0.490 e. The highest BCUT2D eigenvalue weighted by molar-refractivity contribution is 9.10. The number of nitrogens with zero attached hydrogens (tertiary/aromatic N) is 3. The first kappa shape index (κ1) is 13.0. The zero-order valence-electron chi connectivity index (χ0n) is 10.9. The molecule has 102 valence electrons. The molecule has 0 atom stereocenters. The van der Waals surface area contributed by atoms with Gasteiger partial charge in [0, 0.05) is 19.0 Å². The van der Waals surface area contributed by atoms with Crippen LogP contribution in [-0.2, 0) is 7.05 Å². The summed E-state index contributed by atoms with van der Waals surface area (Å²) in [4.78, 5) is 4.38. The summed E-state index contributed by atoms with van der Waals surface area (Å²) in [6.07, 6.45) is 0.872. The molecule has 1 aliphatic heterocycles. The van der Waals surface area contributed by atoms with E-state index in [1.165, 1.54) is 0 Å². The Morgan fingerprint density at radius 2 is 2.05 bits per heavy atom. The van der Waals surface area contributed by atoms with Crippen molar-refractivity contribution in [2.24, 2.45) is 7.05 Å². The predicted octanol–water partition coefficient (Wildman–Crippen LogP) is 2.88. The van der Waals surface area contributed by atoms with Crippen LogP contribution in [0.4, 0.5) is 0 Å². The molecule has 0 unspecified atom stereocenters. The van der Waals surface area contributed by atoms with Crippen molar-refractivity contribution in [3.05, 3.63) is 28.5 Å². The molecule has 1 aromatic heterocycles. The van der Waals surface area contributed by atoms with Gasteiger partial charge in [0.25, 0.3) is 0 Å². The van der Waals surface area contributed by atoms with Gasteiger partial charge in [0.1, 0.15) is 16.5 Å². The maximum Gasteiger partial charge on any atom is 0.161 e. The lowest BCUT2D eigenvalue weighted by atomic mass is 10.2. The molecule has 0 radical (unpaired) electrons. The monoisotopic (exact) mass is 333 g/mol. The van der Waals surface area contributed by atoms with Crippen LogP contribution in [0.1, 0.15) is 12.1 Å². The number of hydrogen-bond donors (Lipinski definition) is 0. The Bertz CT molecular complexity index is 703. The first-order valence-corrected chi connectivity index (χ1v) is 7.02. The number of hydrogen-bond acceptors (Lipinski definition) is 4. The SMILES string of the molecule is Cn1c(-c2ccc3c(c2)OCCCO3)nc(Br)c1C#N. The van der Waals surface area contributed by atoms with Gasteiger partial charge in [0.15, 0.2) is 17.2 Å². The molecular formula is C14H12BrN3O2. The summed E-state index contributed by atoms with van der Waals surface area (Å²) in [5.41, 5.74) is 1.38. The molecule has 2 heterocycles. The Balaban J connectivity index is 2.08. The van der Waals surface area contributed by atoms with Crippen LogP contribution >= 0.6 is 15.9 Å². The maximum atomic E-state index is 9.10. The first-order chi connectivity index (χ1) is 9.70. The summed E-state index contributed by atoms with van der Waals surface area (Å²) < 4.78 is 13.6. The van der Waals surface area contributed by atoms with Crippen LogP contribution in [0.15, 0.2) is 22.8 Å². The van der Waals surface area contributed by atoms with Gasteiger partial charge in [-0.05, 0) is 34.1 Å². The Morgan fingerprint density at radius 3 is 2.75 bits per heavy atom. The van der Waals surface area contributed by atoms with Gasteiger partial charge in [0.2, 0.25) is 0 Å². The summed E-state index contributed by atoms with van der Waals surface area (Å²) in [7, 11) is 1.81. The van der Waals surface area contributed by atoms with Crippen molar-refractivity contribution < 1.29 is 9.47 Å². The van der Waals surface area contributed by atoms with E-state index >= 15 is 0 Å². The molecule has 0 N–H and O–H groups in total. The summed E-state index contributed by atoms with van der Waals surface area (Å²) >= 11 is 3.30. The van der Waals surface area contributed by atoms with Gasteiger partial charge < -0.3 is 14.0 Å². The van der Waals surface area contributed by atoms with Gasteiger partial charge in [-0.1, -0.05) is 0 Å². The molecule has 5 nitrogen and oxygen atoms in total. The van der Waals surface area contributed by atoms with Crippen molar-refractivity contribution in [2.45, 2.75) is 6.42 Å². The van der Waals surface area contributed by atoms with Crippen LogP contribution in [-0.4, -0.2) is 22.8 Å². The number of nitriles is 1. The lowest BCUT2D eigenvalue weighted by Crippen LogP contribution is -1.97. The molecule has 0 aliphatic carbocycles. The minimum absolute atomic E-state index is 0.493. The fourth-order valence-corrected chi connectivity index (χ4v) is 2.67. The van der Waals surface area contributed by atoms with E-state index in [2.05, 4.69) is 27.0 Å². The summed E-state index contributed by atoms with van der Waals surface area (Å²) in [5, 5.41) is 9.10. The van der Waals surface area contributed by atoms with Crippen molar-refractivity contribution in [3.63, 3.8) is 0 Å². The third-order valence-corrected chi connectivity index (χ3v) is 3.72. The minimum Gasteiger partial charge on any atom is -0.490 e. The zero-order valence-corrected chi connectivity index (χ0v) is 12.5. The molecular weight excluding hydrogens is 322 g/mol. The Labute approximate surface area is 124 Å². The van der Waals surface area contributed by atoms with E-state index in [1.54, 1.807) is 4.57 Å². The van der Waals surface area contributed by atoms with Gasteiger partial charge in [0.05, 0.1) is 13.2 Å². The molecule has 20 heavy (non-hydrogen) atoms. The number of imidazole rings is 1. The predicted molar refractivity (Wildman–Crippen MR) is 76.7 cm³/mol. The van der Waals surface area contributed by atoms with Crippen LogP contribution < -0.4 is 9.47 Å². The van der Waals surface area contributed by atoms with E-state index in [0.717, 1.165) is 23.5 Å². The fourth-order valence-electron chi connectivity index (χ4n) is 2.15. The van der Waals surface area contributed by atoms with Gasteiger partial charge in [-0.15, -0.1) is 0 Å². The molecule has 0 fully saturated rings. The van der Waals surface area contributed by atoms with Gasteiger partial charge >= 0.3 is 0 Å². The standard InChI is InChI=1S/C14H12BrN3O2/c1-18-10(8-16)13(15)17-14(18)9-3-4-11-12(7-9)20-6-2-5-19-11/h3-4,7H,2,5-6H2,1H3. The van der Waals surface area contributed by atoms with Crippen molar-refractivity contribution in [2.75, 3.05) is 13.2 Å². The smallest absolute Gasteiger partial charge is 0.161 e. The molecule has 0 amide bonds. The molecule has 0 saturated carbocycles. The van der Waals surface area contributed by atoms with Crippen molar-refractivity contribution in [1.29, 1.82) is 5.26 Å². The second kappa shape index (κ2) is 5.17. The van der Waals surface area contributed by atoms with Crippen molar-refractivity contribution in [1.82, 2.24) is 9.55 Å². The Hall–Kier alpha value is -2.00. The maximum absolute atomic E-state index is 9.10. The van der Waals surface area contributed by atoms with Crippen LogP contribution in [0.2, 0.25) is 0 Å². The molecule has 6 heteroatoms. The average Bonchev–Trinajstić information content (AvgIpc) is 2.64. The van der Waals surface area contributed by atoms with E-state index in [0.29, 0.717) is 29.3 Å². The Morgan fingerprint density at radius 1 is 1.30 bits per heavy atom. The second-order valence-corrected chi connectivity index (χ2v) is 5.21. The van der Waals surface area contributed by atoms with E-state index in [9.17, 15) is 0 Å². The van der Waals surface area contributed by atoms with Crippen LogP contribution in [0, 0.1) is 11.3 Å². The Kier molecular flexibility index (Phi) is 3.36. The van der Waals surface area contributed by atoms with Crippen LogP contribution in [0.25, 0.3) is 11.4 Å². The average molecular weight is 334 g/mol. The summed E-state index contributed by atoms with van der Waals surface area (Å²) in [5.74, 6) is 2.18. The lowest BCUT2D eigenvalue weighted by Gasteiger charge is -2.09. The highest BCUT2D eigenvalue weighted by atomic mass is 79.9. The fraction of sp³-hybridized carbons (Fsp3) is 0.286. The van der Waals surface area contributed by atoms with Crippen LogP contribution in [0.5, 0.6) is 11.5 Å². The van der Waals surface area contributed by atoms with E-state index < -0.39 is 0 Å². The van der Waals surface area contributed by atoms with E-state index in [1.807, 2.05) is 25.2 Å². The number of ether oxygens (including phenoxy) is 2. The summed E-state index contributed by atoms with van der Waals surface area (Å²) in [6.45, 7) is 1.31. The van der Waals surface area contributed by atoms with E-state index in [-0.39, 0.29) is 0 Å². The molecule has 3 rings (SSSR count). The molecule has 0 spiro atoms. The molecule has 1 aliphatic rings. The van der Waals surface area contributed by atoms with Crippen molar-refractivity contribution >= 4 is 15.9 Å². The van der Waals surface area contributed by atoms with Gasteiger partial charge in [-0.25, -0.2) is 4.98 Å².